The maximum Gasteiger partial charge on any atom is 0.418 e. The fourth-order valence-electron chi connectivity index (χ4n) is 6.94. The fourth-order valence-corrected chi connectivity index (χ4v) is 8.19. The molecule has 3 aromatic carbocycles. The topological polar surface area (TPSA) is 298 Å². The summed E-state index contributed by atoms with van der Waals surface area (Å²) in [6.07, 6.45) is -4.03. The normalized spacial score (nSPS) is 17.4. The molecule has 362 valence electrons. The average Bonchev–Trinajstić information content (AvgIpc) is 3.90. The monoisotopic (exact) mass is 978 g/mol. The van der Waals surface area contributed by atoms with E-state index in [-0.39, 0.29) is 35.0 Å². The standard InChI is InChI=1S/C44H50N8O14S2/c1-25-32(47-40(67-25)49-41(56)64-43(2,3)4)33(37(53)48-35-38(54)52(44(35,5)6)66-68(59,60)61)50-65-31(39(55)63-34(26-13-9-7-10-14-26)27-15-11-8-12-16-27)24-62-30-19-17-28(18-20-30)36(45)46-29-21-22-51(23-29)42(57)58/h7-20,29,31,34-35H,21-24H2,1-6H3,(H2,45,46)(H,48,53)(H,57,58)(H,47,49,56)(H,59,60,61)/b50-33-/t29-,31+,35-/m1/s1. The summed E-state index contributed by atoms with van der Waals surface area (Å²) in [6, 6.07) is 22.3. The molecule has 0 saturated carbocycles. The minimum Gasteiger partial charge on any atom is -0.489 e. The molecule has 0 spiro atoms. The van der Waals surface area contributed by atoms with Crippen molar-refractivity contribution in [1.82, 2.24) is 25.6 Å². The van der Waals surface area contributed by atoms with Gasteiger partial charge >= 0.3 is 28.6 Å². The zero-order valence-corrected chi connectivity index (χ0v) is 39.3. The summed E-state index contributed by atoms with van der Waals surface area (Å²) in [4.78, 5) is 77.6. The van der Waals surface area contributed by atoms with Gasteiger partial charge in [0.15, 0.2) is 16.9 Å². The highest BCUT2D eigenvalue weighted by atomic mass is 32.3. The Bertz CT molecular complexity index is 2620. The Kier molecular flexibility index (Phi) is 15.4. The van der Waals surface area contributed by atoms with Gasteiger partial charge in [0.1, 0.15) is 35.5 Å². The molecule has 68 heavy (non-hydrogen) atoms. The van der Waals surface area contributed by atoms with Gasteiger partial charge < -0.3 is 39.7 Å². The molecule has 4 amide bonds. The lowest BCUT2D eigenvalue weighted by molar-refractivity contribution is -0.218. The maximum atomic E-state index is 14.3. The molecule has 2 aliphatic heterocycles. The van der Waals surface area contributed by atoms with Crippen molar-refractivity contribution < 1.29 is 65.4 Å². The Morgan fingerprint density at radius 1 is 0.985 bits per heavy atom. The Hall–Kier alpha value is -7.15. The summed E-state index contributed by atoms with van der Waals surface area (Å²) >= 11 is 0.934. The van der Waals surface area contributed by atoms with Crippen LogP contribution in [-0.4, -0.2) is 124 Å². The van der Waals surface area contributed by atoms with E-state index in [1.807, 2.05) is 0 Å². The number of ether oxygens (including phenoxy) is 3. The lowest BCUT2D eigenvalue weighted by atomic mass is 9.84. The largest absolute Gasteiger partial charge is 0.489 e. The van der Waals surface area contributed by atoms with E-state index in [0.29, 0.717) is 39.6 Å². The molecule has 2 aliphatic rings. The zero-order valence-electron chi connectivity index (χ0n) is 37.6. The van der Waals surface area contributed by atoms with Crippen molar-refractivity contribution in [2.75, 3.05) is 25.0 Å². The summed E-state index contributed by atoms with van der Waals surface area (Å²) in [5.74, 6) is -2.86. The van der Waals surface area contributed by atoms with Gasteiger partial charge in [-0.05, 0) is 83.4 Å². The number of carbonyl (C=O) groups is 5. The van der Waals surface area contributed by atoms with Gasteiger partial charge in [-0.1, -0.05) is 65.8 Å². The SMILES string of the molecule is Cc1sc(NC(=O)OC(C)(C)C)nc1/C(=N/O[C@@H](COc1ccc(C(=N)N[C@@H]2CCN(C(=O)O)C2)cc1)C(=O)OC(c1ccccc1)c1ccccc1)C(=O)N[C@@H]1C(=O)N(OS(=O)(=O)O)C1(C)C. The van der Waals surface area contributed by atoms with Crippen molar-refractivity contribution in [3.8, 4) is 5.75 Å². The van der Waals surface area contributed by atoms with Crippen LogP contribution in [0.15, 0.2) is 90.1 Å². The number of carbonyl (C=O) groups excluding carboxylic acids is 4. The molecule has 2 saturated heterocycles. The van der Waals surface area contributed by atoms with Gasteiger partial charge in [-0.25, -0.2) is 19.4 Å². The quantitative estimate of drug-likeness (QED) is 0.0207. The Morgan fingerprint density at radius 3 is 2.15 bits per heavy atom. The van der Waals surface area contributed by atoms with E-state index in [1.165, 1.54) is 30.9 Å². The van der Waals surface area contributed by atoms with Gasteiger partial charge in [-0.2, -0.15) is 13.5 Å². The lowest BCUT2D eigenvalue weighted by Crippen LogP contribution is -2.76. The third-order valence-electron chi connectivity index (χ3n) is 10.3. The second-order valence-corrected chi connectivity index (χ2v) is 19.2. The van der Waals surface area contributed by atoms with Gasteiger partial charge in [0.2, 0.25) is 0 Å². The van der Waals surface area contributed by atoms with Crippen LogP contribution < -0.4 is 20.7 Å². The van der Waals surface area contributed by atoms with Crippen LogP contribution in [0.1, 0.15) is 74.4 Å². The number of hydrogen-bond donors (Lipinski definition) is 6. The minimum absolute atomic E-state index is 0.0231. The molecule has 2 fully saturated rings. The van der Waals surface area contributed by atoms with Crippen LogP contribution in [-0.2, 0) is 43.4 Å². The average molecular weight is 979 g/mol. The summed E-state index contributed by atoms with van der Waals surface area (Å²) in [5, 5.41) is 30.3. The highest BCUT2D eigenvalue weighted by Gasteiger charge is 2.58. The van der Waals surface area contributed by atoms with Gasteiger partial charge in [-0.3, -0.25) is 24.9 Å². The predicted octanol–water partition coefficient (Wildman–Crippen LogP) is 4.81. The van der Waals surface area contributed by atoms with Crippen LogP contribution in [0.2, 0.25) is 0 Å². The smallest absolute Gasteiger partial charge is 0.418 e. The van der Waals surface area contributed by atoms with E-state index in [2.05, 4.69) is 30.4 Å². The maximum absolute atomic E-state index is 14.3. The molecular formula is C44H50N8O14S2. The number of likely N-dealkylation sites (tertiary alicyclic amines) is 1. The number of β-lactam (4-membered cyclic amide) rings is 1. The summed E-state index contributed by atoms with van der Waals surface area (Å²) in [5.41, 5.74) is -1.48. The Morgan fingerprint density at radius 2 is 1.60 bits per heavy atom. The third kappa shape index (κ3) is 12.8. The number of anilines is 1. The molecule has 0 unspecified atom stereocenters. The Labute approximate surface area is 395 Å². The van der Waals surface area contributed by atoms with Crippen molar-refractivity contribution >= 4 is 68.4 Å². The third-order valence-corrected chi connectivity index (χ3v) is 11.5. The van der Waals surface area contributed by atoms with E-state index in [4.69, 9.17) is 24.5 Å². The van der Waals surface area contributed by atoms with Crippen LogP contribution in [0.3, 0.4) is 0 Å². The molecular weight excluding hydrogens is 929 g/mol. The summed E-state index contributed by atoms with van der Waals surface area (Å²) < 4.78 is 54.1. The number of carboxylic acid groups (broad SMARTS) is 1. The molecule has 6 N–H and O–H groups in total. The number of benzene rings is 3. The first-order valence-corrected chi connectivity index (χ1v) is 23.1. The first kappa shape index (κ1) is 50.3. The minimum atomic E-state index is -5.13. The van der Waals surface area contributed by atoms with Crippen LogP contribution in [0, 0.1) is 12.3 Å². The molecule has 24 heteroatoms. The summed E-state index contributed by atoms with van der Waals surface area (Å²) in [6.45, 7) is 9.23. The zero-order chi connectivity index (χ0) is 49.6. The van der Waals surface area contributed by atoms with Crippen molar-refractivity contribution in [3.05, 3.63) is 112 Å². The van der Waals surface area contributed by atoms with E-state index < -0.39 is 82.1 Å². The highest BCUT2D eigenvalue weighted by Crippen LogP contribution is 2.33. The van der Waals surface area contributed by atoms with Crippen LogP contribution in [0.4, 0.5) is 14.7 Å². The fraction of sp³-hybridized carbons (Fsp3) is 0.364. The van der Waals surface area contributed by atoms with Gasteiger partial charge in [0, 0.05) is 29.6 Å². The molecule has 4 aromatic rings. The van der Waals surface area contributed by atoms with Crippen LogP contribution in [0.25, 0.3) is 0 Å². The highest BCUT2D eigenvalue weighted by molar-refractivity contribution is 7.80. The molecule has 0 bridgehead atoms. The van der Waals surface area contributed by atoms with Crippen LogP contribution in [0.5, 0.6) is 5.75 Å². The molecule has 0 aliphatic carbocycles. The van der Waals surface area contributed by atoms with E-state index >= 15 is 0 Å². The first-order valence-electron chi connectivity index (χ1n) is 20.9. The number of hydrogen-bond acceptors (Lipinski definition) is 16. The van der Waals surface area contributed by atoms with Gasteiger partial charge in [-0.15, -0.1) is 15.6 Å². The van der Waals surface area contributed by atoms with Crippen molar-refractivity contribution in [3.63, 3.8) is 0 Å². The molecule has 22 nitrogen and oxygen atoms in total. The van der Waals surface area contributed by atoms with Gasteiger partial charge in [0.05, 0.1) is 5.54 Å². The van der Waals surface area contributed by atoms with Crippen molar-refractivity contribution in [1.29, 1.82) is 5.41 Å². The van der Waals surface area contributed by atoms with E-state index in [0.717, 1.165) is 11.3 Å². The number of oxime groups is 1. The molecule has 1 aromatic heterocycles. The predicted molar refractivity (Wildman–Crippen MR) is 244 cm³/mol. The number of aryl methyl sites for hydroxylation is 1. The molecule has 6 rings (SSSR count). The number of nitrogens with zero attached hydrogens (tertiary/aromatic N) is 4. The van der Waals surface area contributed by atoms with Crippen LogP contribution >= 0.6 is 11.3 Å². The number of esters is 1. The van der Waals surface area contributed by atoms with Crippen molar-refractivity contribution in [2.24, 2.45) is 5.16 Å². The van der Waals surface area contributed by atoms with E-state index in [9.17, 15) is 42.0 Å². The number of rotatable bonds is 17. The van der Waals surface area contributed by atoms with Crippen molar-refractivity contribution in [2.45, 2.75) is 83.4 Å². The molecule has 3 heterocycles. The van der Waals surface area contributed by atoms with Gasteiger partial charge in [0.25, 0.3) is 17.9 Å². The Balaban J connectivity index is 1.31. The number of thiazole rings is 1. The van der Waals surface area contributed by atoms with E-state index in [1.54, 1.807) is 100 Å². The molecule has 0 radical (unpaired) electrons. The molecule has 3 atom stereocenters. The second kappa shape index (κ2) is 20.8. The first-order chi connectivity index (χ1) is 32.0. The second-order valence-electron chi connectivity index (χ2n) is 17.0. The number of amides is 4. The number of aromatic nitrogens is 1. The summed E-state index contributed by atoms with van der Waals surface area (Å²) in [7, 11) is -5.13. The lowest BCUT2D eigenvalue weighted by Gasteiger charge is -2.50. The number of hydroxylamine groups is 2. The number of nitrogens with one attached hydrogen (secondary N) is 4. The number of amidine groups is 1.